The number of carbonyl (C=O) groups excluding carboxylic acids is 1. The topological polar surface area (TPSA) is 38.3 Å². The van der Waals surface area contributed by atoms with Gasteiger partial charge in [-0.3, -0.25) is 4.79 Å². The van der Waals surface area contributed by atoms with Gasteiger partial charge in [0.1, 0.15) is 11.6 Å². The average molecular weight is 209 g/mol. The number of ether oxygens (including phenoxy) is 1. The van der Waals surface area contributed by atoms with E-state index in [1.807, 2.05) is 0 Å². The van der Waals surface area contributed by atoms with Crippen LogP contribution in [0, 0.1) is 5.82 Å². The molecule has 0 bridgehead atoms. The zero-order valence-corrected chi connectivity index (χ0v) is 8.42. The van der Waals surface area contributed by atoms with Crippen LogP contribution in [0.4, 0.5) is 4.39 Å². The molecule has 1 atom stereocenters. The van der Waals surface area contributed by atoms with E-state index in [1.165, 1.54) is 13.2 Å². The molecule has 0 saturated carbocycles. The summed E-state index contributed by atoms with van der Waals surface area (Å²) in [7, 11) is 1.50. The number of carbonyl (C=O) groups is 1. The Labute approximate surface area is 87.2 Å². The highest BCUT2D eigenvalue weighted by atomic mass is 19.1. The number of rotatable bonds is 2. The maximum atomic E-state index is 13.6. The summed E-state index contributed by atoms with van der Waals surface area (Å²) in [5, 5.41) is 2.69. The van der Waals surface area contributed by atoms with Gasteiger partial charge >= 0.3 is 0 Å². The van der Waals surface area contributed by atoms with E-state index in [1.54, 1.807) is 12.1 Å². The molecule has 1 fully saturated rings. The van der Waals surface area contributed by atoms with E-state index in [0.29, 0.717) is 24.3 Å². The molecule has 0 radical (unpaired) electrons. The Morgan fingerprint density at radius 3 is 2.87 bits per heavy atom. The molecule has 1 aromatic carbocycles. The normalized spacial score (nSPS) is 20.1. The van der Waals surface area contributed by atoms with E-state index in [9.17, 15) is 9.18 Å². The third-order valence-electron chi connectivity index (χ3n) is 2.62. The fourth-order valence-corrected chi connectivity index (χ4v) is 1.79. The van der Waals surface area contributed by atoms with Crippen LogP contribution in [-0.4, -0.2) is 19.6 Å². The average Bonchev–Trinajstić information content (AvgIpc) is 2.64. The van der Waals surface area contributed by atoms with Crippen LogP contribution in [0.15, 0.2) is 18.2 Å². The van der Waals surface area contributed by atoms with Crippen LogP contribution < -0.4 is 10.1 Å². The molecule has 15 heavy (non-hydrogen) atoms. The van der Waals surface area contributed by atoms with Gasteiger partial charge in [-0.1, -0.05) is 6.07 Å². The molecule has 1 heterocycles. The molecule has 1 saturated heterocycles. The van der Waals surface area contributed by atoms with Gasteiger partial charge in [0.15, 0.2) is 0 Å². The lowest BCUT2D eigenvalue weighted by Gasteiger charge is -2.09. The highest BCUT2D eigenvalue weighted by Crippen LogP contribution is 2.27. The predicted octanol–water partition coefficient (Wildman–Crippen LogP) is 1.44. The Morgan fingerprint density at radius 1 is 1.53 bits per heavy atom. The number of benzene rings is 1. The molecule has 2 rings (SSSR count). The number of hydrogen-bond acceptors (Lipinski definition) is 2. The van der Waals surface area contributed by atoms with Gasteiger partial charge < -0.3 is 10.1 Å². The monoisotopic (exact) mass is 209 g/mol. The second kappa shape index (κ2) is 3.88. The molecule has 1 aliphatic heterocycles. The van der Waals surface area contributed by atoms with Gasteiger partial charge in [0.25, 0.3) is 0 Å². The standard InChI is InChI=1S/C11H12FNO2/c1-15-8-2-3-9(10(12)5-8)7-4-11(14)13-6-7/h2-3,5,7H,4,6H2,1H3,(H,13,14). The summed E-state index contributed by atoms with van der Waals surface area (Å²) in [4.78, 5) is 11.0. The van der Waals surface area contributed by atoms with Gasteiger partial charge in [-0.15, -0.1) is 0 Å². The van der Waals surface area contributed by atoms with Crippen molar-refractivity contribution in [3.05, 3.63) is 29.6 Å². The van der Waals surface area contributed by atoms with Crippen molar-refractivity contribution in [2.24, 2.45) is 0 Å². The minimum Gasteiger partial charge on any atom is -0.497 e. The smallest absolute Gasteiger partial charge is 0.220 e. The molecular formula is C11H12FNO2. The van der Waals surface area contributed by atoms with Crippen molar-refractivity contribution in [2.75, 3.05) is 13.7 Å². The molecule has 0 aliphatic carbocycles. The highest BCUT2D eigenvalue weighted by Gasteiger charge is 2.25. The van der Waals surface area contributed by atoms with E-state index in [2.05, 4.69) is 5.32 Å². The van der Waals surface area contributed by atoms with Gasteiger partial charge in [-0.25, -0.2) is 4.39 Å². The SMILES string of the molecule is COc1ccc(C2CNC(=O)C2)c(F)c1. The van der Waals surface area contributed by atoms with Gasteiger partial charge in [0, 0.05) is 24.9 Å². The molecule has 1 aromatic rings. The van der Waals surface area contributed by atoms with Crippen molar-refractivity contribution in [1.82, 2.24) is 5.32 Å². The van der Waals surface area contributed by atoms with Crippen LogP contribution in [0.3, 0.4) is 0 Å². The molecule has 1 amide bonds. The number of methoxy groups -OCH3 is 1. The Bertz CT molecular complexity index is 392. The van der Waals surface area contributed by atoms with Crippen LogP contribution in [0.2, 0.25) is 0 Å². The van der Waals surface area contributed by atoms with E-state index >= 15 is 0 Å². The van der Waals surface area contributed by atoms with E-state index in [-0.39, 0.29) is 17.6 Å². The van der Waals surface area contributed by atoms with E-state index in [4.69, 9.17) is 4.74 Å². The molecule has 0 spiro atoms. The minimum atomic E-state index is -0.309. The summed E-state index contributed by atoms with van der Waals surface area (Å²) in [6, 6.07) is 4.73. The first-order valence-corrected chi connectivity index (χ1v) is 4.81. The van der Waals surface area contributed by atoms with Crippen LogP contribution in [-0.2, 0) is 4.79 Å². The van der Waals surface area contributed by atoms with E-state index < -0.39 is 0 Å². The first kappa shape index (κ1) is 9.96. The fraction of sp³-hybridized carbons (Fsp3) is 0.364. The van der Waals surface area contributed by atoms with Crippen LogP contribution in [0.5, 0.6) is 5.75 Å². The molecule has 80 valence electrons. The lowest BCUT2D eigenvalue weighted by molar-refractivity contribution is -0.119. The predicted molar refractivity (Wildman–Crippen MR) is 53.3 cm³/mol. The lowest BCUT2D eigenvalue weighted by Crippen LogP contribution is -2.13. The molecule has 1 N–H and O–H groups in total. The highest BCUT2D eigenvalue weighted by molar-refractivity contribution is 5.79. The van der Waals surface area contributed by atoms with Crippen molar-refractivity contribution in [3.8, 4) is 5.75 Å². The molecule has 1 unspecified atom stereocenters. The Morgan fingerprint density at radius 2 is 2.33 bits per heavy atom. The zero-order valence-electron chi connectivity index (χ0n) is 8.42. The largest absolute Gasteiger partial charge is 0.497 e. The number of amides is 1. The van der Waals surface area contributed by atoms with Crippen molar-refractivity contribution in [1.29, 1.82) is 0 Å². The summed E-state index contributed by atoms with van der Waals surface area (Å²) in [6.07, 6.45) is 0.364. The Balaban J connectivity index is 2.25. The number of halogens is 1. The summed E-state index contributed by atoms with van der Waals surface area (Å²) in [6.45, 7) is 0.516. The minimum absolute atomic E-state index is 0.0183. The van der Waals surface area contributed by atoms with E-state index in [0.717, 1.165) is 0 Å². The van der Waals surface area contributed by atoms with Crippen LogP contribution >= 0.6 is 0 Å². The fourth-order valence-electron chi connectivity index (χ4n) is 1.79. The second-order valence-electron chi connectivity index (χ2n) is 3.59. The quantitative estimate of drug-likeness (QED) is 0.800. The third-order valence-corrected chi connectivity index (χ3v) is 2.62. The molecule has 1 aliphatic rings. The van der Waals surface area contributed by atoms with Gasteiger partial charge in [0.2, 0.25) is 5.91 Å². The molecule has 4 heteroatoms. The lowest BCUT2D eigenvalue weighted by atomic mass is 9.97. The zero-order chi connectivity index (χ0) is 10.8. The van der Waals surface area contributed by atoms with Crippen molar-refractivity contribution in [3.63, 3.8) is 0 Å². The van der Waals surface area contributed by atoms with Gasteiger partial charge in [0.05, 0.1) is 7.11 Å². The first-order valence-electron chi connectivity index (χ1n) is 4.81. The number of hydrogen-bond donors (Lipinski definition) is 1. The van der Waals surface area contributed by atoms with Crippen molar-refractivity contribution in [2.45, 2.75) is 12.3 Å². The second-order valence-corrected chi connectivity index (χ2v) is 3.59. The maximum Gasteiger partial charge on any atom is 0.220 e. The third kappa shape index (κ3) is 1.93. The molecule has 0 aromatic heterocycles. The van der Waals surface area contributed by atoms with Crippen LogP contribution in [0.25, 0.3) is 0 Å². The van der Waals surface area contributed by atoms with Gasteiger partial charge in [-0.2, -0.15) is 0 Å². The maximum absolute atomic E-state index is 13.6. The summed E-state index contributed by atoms with van der Waals surface area (Å²) < 4.78 is 18.5. The summed E-state index contributed by atoms with van der Waals surface area (Å²) >= 11 is 0. The summed E-state index contributed by atoms with van der Waals surface area (Å²) in [5.41, 5.74) is 0.578. The van der Waals surface area contributed by atoms with Crippen molar-refractivity contribution >= 4 is 5.91 Å². The molecule has 3 nitrogen and oxygen atoms in total. The Hall–Kier alpha value is -1.58. The van der Waals surface area contributed by atoms with Crippen LogP contribution in [0.1, 0.15) is 17.9 Å². The Kier molecular flexibility index (Phi) is 2.58. The van der Waals surface area contributed by atoms with Gasteiger partial charge in [-0.05, 0) is 11.6 Å². The first-order chi connectivity index (χ1) is 7.20. The molecular weight excluding hydrogens is 197 g/mol. The summed E-state index contributed by atoms with van der Waals surface area (Å²) in [5.74, 6) is 0.114. The van der Waals surface area contributed by atoms with Crippen molar-refractivity contribution < 1.29 is 13.9 Å². The number of nitrogens with one attached hydrogen (secondary N) is 1.